The lowest BCUT2D eigenvalue weighted by atomic mass is 10.1. The van der Waals surface area contributed by atoms with Crippen LogP contribution < -0.4 is 0 Å². The Morgan fingerprint density at radius 2 is 2.06 bits per heavy atom. The Kier molecular flexibility index (Phi) is 4.00. The molecular formula is C12H13BrClNO. The third-order valence-electron chi connectivity index (χ3n) is 2.79. The molecule has 0 bridgehead atoms. The van der Waals surface area contributed by atoms with Gasteiger partial charge in [0, 0.05) is 15.1 Å². The van der Waals surface area contributed by atoms with Crippen LogP contribution >= 0.6 is 27.5 Å². The van der Waals surface area contributed by atoms with Gasteiger partial charge in [0.2, 0.25) is 0 Å². The molecule has 0 aromatic heterocycles. The van der Waals surface area contributed by atoms with Crippen LogP contribution in [-0.2, 0) is 0 Å². The fourth-order valence-electron chi connectivity index (χ4n) is 1.94. The summed E-state index contributed by atoms with van der Waals surface area (Å²) >= 11 is 9.27. The van der Waals surface area contributed by atoms with Gasteiger partial charge in [0.1, 0.15) is 0 Å². The Labute approximate surface area is 109 Å². The van der Waals surface area contributed by atoms with Crippen LogP contribution in [0, 0.1) is 0 Å². The number of ketones is 1. The maximum atomic E-state index is 12.0. The summed E-state index contributed by atoms with van der Waals surface area (Å²) in [5, 5.41) is 0.605. The molecule has 1 aliphatic heterocycles. The van der Waals surface area contributed by atoms with Crippen LogP contribution in [-0.4, -0.2) is 30.3 Å². The van der Waals surface area contributed by atoms with E-state index < -0.39 is 0 Å². The zero-order valence-corrected chi connectivity index (χ0v) is 11.2. The lowest BCUT2D eigenvalue weighted by molar-refractivity contribution is 0.0944. The summed E-state index contributed by atoms with van der Waals surface area (Å²) < 4.78 is 0.820. The van der Waals surface area contributed by atoms with Crippen LogP contribution in [0.15, 0.2) is 22.7 Å². The molecular weight excluding hydrogens is 289 g/mol. The topological polar surface area (TPSA) is 20.3 Å². The van der Waals surface area contributed by atoms with E-state index >= 15 is 0 Å². The van der Waals surface area contributed by atoms with Crippen molar-refractivity contribution in [3.8, 4) is 0 Å². The summed E-state index contributed by atoms with van der Waals surface area (Å²) in [6.07, 6.45) is 2.40. The van der Waals surface area contributed by atoms with Gasteiger partial charge in [-0.2, -0.15) is 0 Å². The average Bonchev–Trinajstić information content (AvgIpc) is 2.74. The Morgan fingerprint density at radius 1 is 1.38 bits per heavy atom. The van der Waals surface area contributed by atoms with Crippen molar-refractivity contribution in [3.63, 3.8) is 0 Å². The molecule has 1 saturated heterocycles. The molecule has 1 fully saturated rings. The second-order valence-electron chi connectivity index (χ2n) is 4.03. The molecule has 16 heavy (non-hydrogen) atoms. The number of carbonyl (C=O) groups is 1. The first-order valence-corrected chi connectivity index (χ1v) is 6.54. The zero-order valence-electron chi connectivity index (χ0n) is 8.88. The van der Waals surface area contributed by atoms with Gasteiger partial charge in [-0.05, 0) is 44.1 Å². The Morgan fingerprint density at radius 3 is 2.75 bits per heavy atom. The third kappa shape index (κ3) is 2.84. The highest BCUT2D eigenvalue weighted by atomic mass is 79.9. The number of likely N-dealkylation sites (tertiary alicyclic amines) is 1. The molecule has 1 aromatic rings. The lowest BCUT2D eigenvalue weighted by Gasteiger charge is -2.13. The number of carbonyl (C=O) groups excluding carboxylic acids is 1. The van der Waals surface area contributed by atoms with Crippen molar-refractivity contribution in [3.05, 3.63) is 33.3 Å². The summed E-state index contributed by atoms with van der Waals surface area (Å²) in [6, 6.07) is 5.32. The summed E-state index contributed by atoms with van der Waals surface area (Å²) in [5.74, 6) is 0.135. The van der Waals surface area contributed by atoms with E-state index in [4.69, 9.17) is 11.6 Å². The van der Waals surface area contributed by atoms with Gasteiger partial charge >= 0.3 is 0 Å². The summed E-state index contributed by atoms with van der Waals surface area (Å²) in [5.41, 5.74) is 0.680. The first-order valence-electron chi connectivity index (χ1n) is 5.37. The van der Waals surface area contributed by atoms with Crippen LogP contribution in [0.25, 0.3) is 0 Å². The highest BCUT2D eigenvalue weighted by Gasteiger charge is 2.17. The monoisotopic (exact) mass is 301 g/mol. The van der Waals surface area contributed by atoms with Crippen molar-refractivity contribution < 1.29 is 4.79 Å². The normalized spacial score (nSPS) is 16.6. The van der Waals surface area contributed by atoms with E-state index in [0.717, 1.165) is 17.6 Å². The van der Waals surface area contributed by atoms with E-state index in [-0.39, 0.29) is 5.78 Å². The highest BCUT2D eigenvalue weighted by molar-refractivity contribution is 9.10. The predicted molar refractivity (Wildman–Crippen MR) is 69.2 cm³/mol. The van der Waals surface area contributed by atoms with Crippen LogP contribution in [0.1, 0.15) is 23.2 Å². The van der Waals surface area contributed by atoms with Crippen LogP contribution in [0.5, 0.6) is 0 Å². The zero-order chi connectivity index (χ0) is 11.5. The van der Waals surface area contributed by atoms with Crippen molar-refractivity contribution in [2.75, 3.05) is 19.6 Å². The van der Waals surface area contributed by atoms with Crippen LogP contribution in [0.2, 0.25) is 5.02 Å². The molecule has 86 valence electrons. The molecule has 2 rings (SSSR count). The highest BCUT2D eigenvalue weighted by Crippen LogP contribution is 2.22. The fraction of sp³-hybridized carbons (Fsp3) is 0.417. The van der Waals surface area contributed by atoms with Gasteiger partial charge in [0.15, 0.2) is 5.78 Å². The van der Waals surface area contributed by atoms with Crippen molar-refractivity contribution >= 4 is 33.3 Å². The maximum absolute atomic E-state index is 12.0. The quantitative estimate of drug-likeness (QED) is 0.798. The largest absolute Gasteiger partial charge is 0.296 e. The number of halogens is 2. The summed E-state index contributed by atoms with van der Waals surface area (Å²) in [6.45, 7) is 2.56. The second-order valence-corrected chi connectivity index (χ2v) is 5.32. The molecule has 1 aromatic carbocycles. The molecule has 1 aliphatic rings. The Hall–Kier alpha value is -0.380. The molecule has 2 nitrogen and oxygen atoms in total. The number of rotatable bonds is 3. The molecule has 0 amide bonds. The van der Waals surface area contributed by atoms with E-state index in [9.17, 15) is 4.79 Å². The summed E-state index contributed by atoms with van der Waals surface area (Å²) in [7, 11) is 0. The Bertz CT molecular complexity index is 402. The molecule has 0 saturated carbocycles. The van der Waals surface area contributed by atoms with Gasteiger partial charge in [-0.25, -0.2) is 0 Å². The number of nitrogens with zero attached hydrogens (tertiary/aromatic N) is 1. The van der Waals surface area contributed by atoms with Gasteiger partial charge in [0.25, 0.3) is 0 Å². The SMILES string of the molecule is O=C(CN1CCCC1)c1cc(Cl)ccc1Br. The third-order valence-corrected chi connectivity index (χ3v) is 3.72. The van der Waals surface area contributed by atoms with E-state index in [2.05, 4.69) is 20.8 Å². The first-order chi connectivity index (χ1) is 7.66. The van der Waals surface area contributed by atoms with E-state index in [1.807, 2.05) is 6.07 Å². The molecule has 0 N–H and O–H groups in total. The summed E-state index contributed by atoms with van der Waals surface area (Å²) in [4.78, 5) is 14.2. The molecule has 0 aliphatic carbocycles. The Balaban J connectivity index is 2.10. The predicted octanol–water partition coefficient (Wildman–Crippen LogP) is 3.38. The number of hydrogen-bond acceptors (Lipinski definition) is 2. The van der Waals surface area contributed by atoms with E-state index in [1.165, 1.54) is 12.8 Å². The van der Waals surface area contributed by atoms with Crippen molar-refractivity contribution in [2.45, 2.75) is 12.8 Å². The van der Waals surface area contributed by atoms with Gasteiger partial charge in [-0.3, -0.25) is 9.69 Å². The molecule has 4 heteroatoms. The molecule has 0 atom stereocenters. The van der Waals surface area contributed by atoms with Crippen molar-refractivity contribution in [1.29, 1.82) is 0 Å². The average molecular weight is 303 g/mol. The van der Waals surface area contributed by atoms with E-state index in [0.29, 0.717) is 17.1 Å². The van der Waals surface area contributed by atoms with Gasteiger partial charge in [-0.15, -0.1) is 0 Å². The van der Waals surface area contributed by atoms with Gasteiger partial charge in [-0.1, -0.05) is 27.5 Å². The molecule has 0 spiro atoms. The smallest absolute Gasteiger partial charge is 0.178 e. The minimum atomic E-state index is 0.135. The minimum Gasteiger partial charge on any atom is -0.296 e. The van der Waals surface area contributed by atoms with E-state index in [1.54, 1.807) is 12.1 Å². The number of Topliss-reactive ketones (excluding diaryl/α,β-unsaturated/α-hetero) is 1. The first kappa shape index (κ1) is 12.1. The van der Waals surface area contributed by atoms with Gasteiger partial charge in [0.05, 0.1) is 6.54 Å². The van der Waals surface area contributed by atoms with Crippen LogP contribution in [0.3, 0.4) is 0 Å². The molecule has 0 unspecified atom stereocenters. The van der Waals surface area contributed by atoms with Crippen molar-refractivity contribution in [1.82, 2.24) is 4.90 Å². The van der Waals surface area contributed by atoms with Crippen molar-refractivity contribution in [2.24, 2.45) is 0 Å². The molecule has 1 heterocycles. The number of benzene rings is 1. The standard InChI is InChI=1S/C12H13BrClNO/c13-11-4-3-9(14)7-10(11)12(16)8-15-5-1-2-6-15/h3-4,7H,1-2,5-6,8H2. The number of hydrogen-bond donors (Lipinski definition) is 0. The maximum Gasteiger partial charge on any atom is 0.178 e. The fourth-order valence-corrected chi connectivity index (χ4v) is 2.58. The minimum absolute atomic E-state index is 0.135. The lowest BCUT2D eigenvalue weighted by Crippen LogP contribution is -2.27. The van der Waals surface area contributed by atoms with Crippen LogP contribution in [0.4, 0.5) is 0 Å². The van der Waals surface area contributed by atoms with Gasteiger partial charge < -0.3 is 0 Å². The second kappa shape index (κ2) is 5.30. The molecule has 0 radical (unpaired) electrons.